The van der Waals surface area contributed by atoms with Crippen LogP contribution in [0, 0.1) is 13.8 Å². The van der Waals surface area contributed by atoms with Crippen molar-refractivity contribution >= 4 is 17.6 Å². The fraction of sp³-hybridized carbons (Fsp3) is 0.333. The molecule has 2 aromatic carbocycles. The SMILES string of the molecule is Cc1ccc(NC(=O)NC2CC(=O)N(C(C)c3ccccc3)C2)cc1C. The summed E-state index contributed by atoms with van der Waals surface area (Å²) < 4.78 is 0. The number of aryl methyl sites for hydroxylation is 2. The summed E-state index contributed by atoms with van der Waals surface area (Å²) in [4.78, 5) is 26.5. The molecule has 5 heteroatoms. The molecule has 1 heterocycles. The van der Waals surface area contributed by atoms with E-state index in [1.165, 1.54) is 5.56 Å². The van der Waals surface area contributed by atoms with Gasteiger partial charge in [-0.1, -0.05) is 36.4 Å². The smallest absolute Gasteiger partial charge is 0.319 e. The third-order valence-electron chi connectivity index (χ3n) is 5.01. The zero-order valence-electron chi connectivity index (χ0n) is 15.5. The number of benzene rings is 2. The molecule has 5 nitrogen and oxygen atoms in total. The Morgan fingerprint density at radius 1 is 1.12 bits per heavy atom. The number of anilines is 1. The molecule has 2 N–H and O–H groups in total. The molecule has 1 aliphatic heterocycles. The zero-order valence-corrected chi connectivity index (χ0v) is 15.5. The summed E-state index contributed by atoms with van der Waals surface area (Å²) in [6.07, 6.45) is 0.331. The molecule has 1 saturated heterocycles. The number of carbonyl (C=O) groups excluding carboxylic acids is 2. The maximum atomic E-state index is 12.4. The third-order valence-corrected chi connectivity index (χ3v) is 5.01. The van der Waals surface area contributed by atoms with Gasteiger partial charge in [0.2, 0.25) is 5.91 Å². The van der Waals surface area contributed by atoms with Crippen molar-refractivity contribution < 1.29 is 9.59 Å². The second kappa shape index (κ2) is 7.60. The van der Waals surface area contributed by atoms with Gasteiger partial charge in [-0.15, -0.1) is 0 Å². The lowest BCUT2D eigenvalue weighted by molar-refractivity contribution is -0.129. The van der Waals surface area contributed by atoms with Crippen LogP contribution in [0.15, 0.2) is 48.5 Å². The van der Waals surface area contributed by atoms with Gasteiger partial charge < -0.3 is 15.5 Å². The summed E-state index contributed by atoms with van der Waals surface area (Å²) in [6.45, 7) is 6.59. The van der Waals surface area contributed by atoms with Crippen LogP contribution in [0.3, 0.4) is 0 Å². The van der Waals surface area contributed by atoms with Gasteiger partial charge in [-0.25, -0.2) is 4.79 Å². The summed E-state index contributed by atoms with van der Waals surface area (Å²) in [6, 6.07) is 15.3. The molecule has 0 saturated carbocycles. The van der Waals surface area contributed by atoms with Crippen LogP contribution in [0.4, 0.5) is 10.5 Å². The van der Waals surface area contributed by atoms with E-state index in [0.29, 0.717) is 13.0 Å². The molecule has 2 atom stereocenters. The predicted molar refractivity (Wildman–Crippen MR) is 103 cm³/mol. The van der Waals surface area contributed by atoms with Crippen LogP contribution in [0.1, 0.15) is 36.1 Å². The first kappa shape index (κ1) is 18.0. The van der Waals surface area contributed by atoms with Gasteiger partial charge in [-0.3, -0.25) is 4.79 Å². The first-order chi connectivity index (χ1) is 12.4. The Morgan fingerprint density at radius 2 is 1.85 bits per heavy atom. The molecule has 136 valence electrons. The van der Waals surface area contributed by atoms with E-state index in [4.69, 9.17) is 0 Å². The Kier molecular flexibility index (Phi) is 5.26. The van der Waals surface area contributed by atoms with Crippen molar-refractivity contribution in [3.8, 4) is 0 Å². The maximum Gasteiger partial charge on any atom is 0.319 e. The molecule has 26 heavy (non-hydrogen) atoms. The van der Waals surface area contributed by atoms with Gasteiger partial charge in [0.05, 0.1) is 12.1 Å². The molecule has 0 aliphatic carbocycles. The highest BCUT2D eigenvalue weighted by Crippen LogP contribution is 2.25. The van der Waals surface area contributed by atoms with Crippen molar-refractivity contribution in [2.24, 2.45) is 0 Å². The Bertz CT molecular complexity index is 804. The van der Waals surface area contributed by atoms with E-state index in [1.807, 2.05) is 74.2 Å². The van der Waals surface area contributed by atoms with E-state index in [1.54, 1.807) is 0 Å². The Morgan fingerprint density at radius 3 is 2.54 bits per heavy atom. The monoisotopic (exact) mass is 351 g/mol. The van der Waals surface area contributed by atoms with Gasteiger partial charge >= 0.3 is 6.03 Å². The Labute approximate surface area is 154 Å². The lowest BCUT2D eigenvalue weighted by Crippen LogP contribution is -2.40. The molecule has 0 spiro atoms. The fourth-order valence-electron chi connectivity index (χ4n) is 3.29. The second-order valence-electron chi connectivity index (χ2n) is 6.93. The van der Waals surface area contributed by atoms with E-state index in [0.717, 1.165) is 16.8 Å². The first-order valence-corrected chi connectivity index (χ1v) is 8.93. The number of likely N-dealkylation sites (tertiary alicyclic amines) is 1. The molecular formula is C21H25N3O2. The quantitative estimate of drug-likeness (QED) is 0.880. The van der Waals surface area contributed by atoms with Crippen molar-refractivity contribution in [1.29, 1.82) is 0 Å². The lowest BCUT2D eigenvalue weighted by Gasteiger charge is -2.25. The lowest BCUT2D eigenvalue weighted by atomic mass is 10.1. The standard InChI is InChI=1S/C21H25N3O2/c1-14-9-10-18(11-15(14)2)22-21(26)23-19-12-20(25)24(13-19)16(3)17-7-5-4-6-8-17/h4-11,16,19H,12-13H2,1-3H3,(H2,22,23,26). The van der Waals surface area contributed by atoms with E-state index in [2.05, 4.69) is 10.6 Å². The summed E-state index contributed by atoms with van der Waals surface area (Å²) in [5.74, 6) is 0.0674. The van der Waals surface area contributed by atoms with E-state index in [-0.39, 0.29) is 24.0 Å². The molecule has 2 aromatic rings. The van der Waals surface area contributed by atoms with Crippen molar-refractivity contribution in [3.63, 3.8) is 0 Å². The minimum absolute atomic E-state index is 0.00157. The number of hydrogen-bond acceptors (Lipinski definition) is 2. The van der Waals surface area contributed by atoms with Crippen LogP contribution in [-0.4, -0.2) is 29.4 Å². The van der Waals surface area contributed by atoms with Crippen molar-refractivity contribution in [2.45, 2.75) is 39.3 Å². The van der Waals surface area contributed by atoms with E-state index in [9.17, 15) is 9.59 Å². The number of carbonyl (C=O) groups is 2. The zero-order chi connectivity index (χ0) is 18.7. The average molecular weight is 351 g/mol. The summed E-state index contributed by atoms with van der Waals surface area (Å²) in [7, 11) is 0. The van der Waals surface area contributed by atoms with Gasteiger partial charge in [0.1, 0.15) is 0 Å². The topological polar surface area (TPSA) is 61.4 Å². The van der Waals surface area contributed by atoms with E-state index >= 15 is 0 Å². The Balaban J connectivity index is 1.58. The van der Waals surface area contributed by atoms with Gasteiger partial charge in [0.15, 0.2) is 0 Å². The number of nitrogens with one attached hydrogen (secondary N) is 2. The van der Waals surface area contributed by atoms with Crippen molar-refractivity contribution in [2.75, 3.05) is 11.9 Å². The highest BCUT2D eigenvalue weighted by atomic mass is 16.2. The number of urea groups is 1. The molecular weight excluding hydrogens is 326 g/mol. The Hall–Kier alpha value is -2.82. The van der Waals surface area contributed by atoms with Crippen LogP contribution in [-0.2, 0) is 4.79 Å². The largest absolute Gasteiger partial charge is 0.334 e. The number of hydrogen-bond donors (Lipinski definition) is 2. The van der Waals surface area contributed by atoms with Crippen LogP contribution in [0.2, 0.25) is 0 Å². The second-order valence-corrected chi connectivity index (χ2v) is 6.93. The highest BCUT2D eigenvalue weighted by Gasteiger charge is 2.33. The summed E-state index contributed by atoms with van der Waals surface area (Å²) in [5, 5.41) is 5.76. The van der Waals surface area contributed by atoms with Crippen LogP contribution in [0.5, 0.6) is 0 Å². The summed E-state index contributed by atoms with van der Waals surface area (Å²) >= 11 is 0. The molecule has 0 aromatic heterocycles. The molecule has 1 aliphatic rings. The van der Waals surface area contributed by atoms with Crippen molar-refractivity contribution in [1.82, 2.24) is 10.2 Å². The fourth-order valence-corrected chi connectivity index (χ4v) is 3.29. The van der Waals surface area contributed by atoms with Crippen LogP contribution in [0.25, 0.3) is 0 Å². The number of rotatable bonds is 4. The molecule has 0 radical (unpaired) electrons. The normalized spacial score (nSPS) is 17.9. The molecule has 3 amide bonds. The van der Waals surface area contributed by atoms with Crippen LogP contribution < -0.4 is 10.6 Å². The predicted octanol–water partition coefficient (Wildman–Crippen LogP) is 3.79. The van der Waals surface area contributed by atoms with Crippen molar-refractivity contribution in [3.05, 3.63) is 65.2 Å². The third kappa shape index (κ3) is 4.04. The minimum atomic E-state index is -0.278. The first-order valence-electron chi connectivity index (χ1n) is 8.93. The minimum Gasteiger partial charge on any atom is -0.334 e. The molecule has 0 bridgehead atoms. The van der Waals surface area contributed by atoms with Gasteiger partial charge in [0.25, 0.3) is 0 Å². The van der Waals surface area contributed by atoms with Gasteiger partial charge in [0, 0.05) is 18.7 Å². The molecule has 3 rings (SSSR count). The number of amides is 3. The highest BCUT2D eigenvalue weighted by molar-refractivity contribution is 5.90. The van der Waals surface area contributed by atoms with Crippen LogP contribution >= 0.6 is 0 Å². The van der Waals surface area contributed by atoms with Gasteiger partial charge in [-0.05, 0) is 49.6 Å². The average Bonchev–Trinajstić information content (AvgIpc) is 2.98. The number of nitrogens with zero attached hydrogens (tertiary/aromatic N) is 1. The molecule has 1 fully saturated rings. The maximum absolute atomic E-state index is 12.4. The van der Waals surface area contributed by atoms with E-state index < -0.39 is 0 Å². The molecule has 2 unspecified atom stereocenters. The van der Waals surface area contributed by atoms with Gasteiger partial charge in [-0.2, -0.15) is 0 Å². The summed E-state index contributed by atoms with van der Waals surface area (Å²) in [5.41, 5.74) is 4.16.